The van der Waals surface area contributed by atoms with Gasteiger partial charge in [0.15, 0.2) is 0 Å². The Kier molecular flexibility index (Phi) is 9.79. The van der Waals surface area contributed by atoms with Crippen LogP contribution in [0.25, 0.3) is 6.08 Å². The lowest BCUT2D eigenvalue weighted by molar-refractivity contribution is -0.145. The van der Waals surface area contributed by atoms with Gasteiger partial charge in [-0.25, -0.2) is 9.78 Å². The normalized spacial score (nSPS) is 21.0. The zero-order chi connectivity index (χ0) is 26.9. The largest absolute Gasteiger partial charge is 0.463 e. The number of hydrogen-bond acceptors (Lipinski definition) is 7. The molecule has 0 radical (unpaired) electrons. The van der Waals surface area contributed by atoms with Gasteiger partial charge in [-0.05, 0) is 52.5 Å². The standard InChI is InChI=1S/C27H28BrN5O4S/c28-23-11-6-9-19(30-23)13-18(14-29)26(35)31-20(17-7-2-1-3-8-17)15-37-24(34)12-5-4-10-22-25-21(16-38-22)32-27(36)33-25/h1-3,6-9,11,13,20-22,25H,4-5,10,12,15-16H2,(H,31,35)(H2,32,33,36)/t20-,21+,22+,25+/m0/s1. The summed E-state index contributed by atoms with van der Waals surface area (Å²) in [5, 5.41) is 18.6. The number of ether oxygens (including phenoxy) is 1. The molecule has 0 aliphatic carbocycles. The van der Waals surface area contributed by atoms with Gasteiger partial charge in [0.05, 0.1) is 23.8 Å². The lowest BCUT2D eigenvalue weighted by atomic mass is 10.0. The average molecular weight is 599 g/mol. The molecule has 9 nitrogen and oxygen atoms in total. The van der Waals surface area contributed by atoms with E-state index in [0.717, 1.165) is 24.2 Å². The Morgan fingerprint density at radius 2 is 2.03 bits per heavy atom. The van der Waals surface area contributed by atoms with E-state index in [1.165, 1.54) is 6.08 Å². The molecule has 38 heavy (non-hydrogen) atoms. The number of nitrogens with zero attached hydrogens (tertiary/aromatic N) is 2. The van der Waals surface area contributed by atoms with E-state index in [0.29, 0.717) is 22.0 Å². The van der Waals surface area contributed by atoms with Crippen LogP contribution in [-0.4, -0.2) is 52.6 Å². The highest BCUT2D eigenvalue weighted by atomic mass is 79.9. The van der Waals surface area contributed by atoms with Crippen LogP contribution in [0.5, 0.6) is 0 Å². The van der Waals surface area contributed by atoms with Crippen LogP contribution in [0.1, 0.15) is 43.0 Å². The Hall–Kier alpha value is -3.36. The highest BCUT2D eigenvalue weighted by Crippen LogP contribution is 2.33. The number of nitrogens with one attached hydrogen (secondary N) is 3. The summed E-state index contributed by atoms with van der Waals surface area (Å²) in [6, 6.07) is 15.9. The van der Waals surface area contributed by atoms with Crippen molar-refractivity contribution in [3.63, 3.8) is 0 Å². The van der Waals surface area contributed by atoms with Gasteiger partial charge in [-0.15, -0.1) is 0 Å². The molecule has 3 amide bonds. The van der Waals surface area contributed by atoms with Crippen molar-refractivity contribution in [1.82, 2.24) is 20.9 Å². The molecular weight excluding hydrogens is 570 g/mol. The molecule has 1 aromatic heterocycles. The number of unbranched alkanes of at least 4 members (excludes halogenated alkanes) is 1. The molecule has 2 aromatic rings. The summed E-state index contributed by atoms with van der Waals surface area (Å²) in [7, 11) is 0. The molecule has 11 heteroatoms. The third-order valence-corrected chi connectivity index (χ3v) is 8.32. The summed E-state index contributed by atoms with van der Waals surface area (Å²) in [5.74, 6) is -0.0208. The van der Waals surface area contributed by atoms with Gasteiger partial charge in [0.25, 0.3) is 5.91 Å². The molecule has 3 N–H and O–H groups in total. The number of esters is 1. The van der Waals surface area contributed by atoms with Crippen molar-refractivity contribution >= 4 is 51.7 Å². The predicted octanol–water partition coefficient (Wildman–Crippen LogP) is 3.88. The van der Waals surface area contributed by atoms with Gasteiger partial charge in [0.1, 0.15) is 22.9 Å². The Morgan fingerprint density at radius 1 is 1.21 bits per heavy atom. The predicted molar refractivity (Wildman–Crippen MR) is 148 cm³/mol. The van der Waals surface area contributed by atoms with Crippen molar-refractivity contribution in [3.05, 3.63) is 70.0 Å². The number of hydrogen-bond donors (Lipinski definition) is 3. The monoisotopic (exact) mass is 597 g/mol. The van der Waals surface area contributed by atoms with E-state index in [-0.39, 0.29) is 42.7 Å². The van der Waals surface area contributed by atoms with Crippen LogP contribution in [0.4, 0.5) is 4.79 Å². The van der Waals surface area contributed by atoms with Gasteiger partial charge in [-0.1, -0.05) is 42.8 Å². The Bertz CT molecular complexity index is 1240. The van der Waals surface area contributed by atoms with Gasteiger partial charge in [0.2, 0.25) is 0 Å². The van der Waals surface area contributed by atoms with Gasteiger partial charge >= 0.3 is 12.0 Å². The molecule has 0 saturated carbocycles. The SMILES string of the molecule is N#CC(=Cc1cccc(Br)n1)C(=O)N[C@@H](COC(=O)CCCC[C@H]1SC[C@H]2NC(=O)N[C@H]21)c1ccccc1. The molecule has 2 fully saturated rings. The molecule has 2 saturated heterocycles. The Labute approximate surface area is 233 Å². The maximum absolute atomic E-state index is 12.9. The lowest BCUT2D eigenvalue weighted by Gasteiger charge is -2.19. The zero-order valence-electron chi connectivity index (χ0n) is 20.6. The number of urea groups is 1. The fraction of sp³-hybridized carbons (Fsp3) is 0.370. The van der Waals surface area contributed by atoms with Crippen LogP contribution < -0.4 is 16.0 Å². The zero-order valence-corrected chi connectivity index (χ0v) is 23.0. The summed E-state index contributed by atoms with van der Waals surface area (Å²) in [6.07, 6.45) is 4.12. The molecule has 4 atom stereocenters. The lowest BCUT2D eigenvalue weighted by Crippen LogP contribution is -2.36. The second kappa shape index (κ2) is 13.4. The summed E-state index contributed by atoms with van der Waals surface area (Å²) in [6.45, 7) is -0.0532. The number of aromatic nitrogens is 1. The molecule has 3 heterocycles. The molecule has 2 aliphatic heterocycles. The Balaban J connectivity index is 1.28. The number of pyridine rings is 1. The Morgan fingerprint density at radius 3 is 2.79 bits per heavy atom. The first-order valence-electron chi connectivity index (χ1n) is 12.4. The number of nitriles is 1. The number of rotatable bonds is 11. The molecule has 1 aromatic carbocycles. The summed E-state index contributed by atoms with van der Waals surface area (Å²) in [5.41, 5.74) is 1.11. The first kappa shape index (κ1) is 27.7. The molecule has 0 bridgehead atoms. The van der Waals surface area contributed by atoms with E-state index in [9.17, 15) is 19.6 Å². The van der Waals surface area contributed by atoms with Gasteiger partial charge in [0, 0.05) is 17.4 Å². The van der Waals surface area contributed by atoms with Crippen LogP contribution >= 0.6 is 27.7 Å². The highest BCUT2D eigenvalue weighted by Gasteiger charge is 2.42. The summed E-state index contributed by atoms with van der Waals surface area (Å²) in [4.78, 5) is 41.1. The fourth-order valence-corrected chi connectivity index (χ4v) is 6.35. The number of carbonyl (C=O) groups is 3. The quantitative estimate of drug-likeness (QED) is 0.0893. The van der Waals surface area contributed by atoms with Crippen molar-refractivity contribution in [2.45, 2.75) is 49.1 Å². The second-order valence-corrected chi connectivity index (χ2v) is 11.1. The topological polar surface area (TPSA) is 133 Å². The smallest absolute Gasteiger partial charge is 0.315 e. The van der Waals surface area contributed by atoms with Crippen molar-refractivity contribution in [3.8, 4) is 6.07 Å². The van der Waals surface area contributed by atoms with Crippen LogP contribution in [0.15, 0.2) is 58.7 Å². The van der Waals surface area contributed by atoms with Crippen molar-refractivity contribution in [1.29, 1.82) is 5.26 Å². The van der Waals surface area contributed by atoms with Crippen LogP contribution in [-0.2, 0) is 14.3 Å². The number of thioether (sulfide) groups is 1. The number of carbonyl (C=O) groups excluding carboxylic acids is 3. The second-order valence-electron chi connectivity index (χ2n) is 9.04. The number of fused-ring (bicyclic) bond motifs is 1. The van der Waals surface area contributed by atoms with Gasteiger partial charge in [-0.3, -0.25) is 9.59 Å². The fourth-order valence-electron chi connectivity index (χ4n) is 4.45. The van der Waals surface area contributed by atoms with Crippen LogP contribution in [0.3, 0.4) is 0 Å². The maximum atomic E-state index is 12.9. The minimum absolute atomic E-state index is 0.0532. The number of benzene rings is 1. The molecule has 2 aliphatic rings. The number of amides is 3. The number of halogens is 1. The maximum Gasteiger partial charge on any atom is 0.315 e. The average Bonchev–Trinajstić information content (AvgIpc) is 3.47. The van der Waals surface area contributed by atoms with Crippen molar-refractivity contribution < 1.29 is 19.1 Å². The van der Waals surface area contributed by atoms with Crippen LogP contribution in [0, 0.1) is 11.3 Å². The van der Waals surface area contributed by atoms with E-state index < -0.39 is 11.9 Å². The van der Waals surface area contributed by atoms with Crippen molar-refractivity contribution in [2.24, 2.45) is 0 Å². The molecule has 198 valence electrons. The molecule has 4 rings (SSSR count). The van der Waals surface area contributed by atoms with Gasteiger partial charge < -0.3 is 20.7 Å². The first-order valence-corrected chi connectivity index (χ1v) is 14.2. The summed E-state index contributed by atoms with van der Waals surface area (Å²) < 4.78 is 6.10. The van der Waals surface area contributed by atoms with Crippen molar-refractivity contribution in [2.75, 3.05) is 12.4 Å². The minimum Gasteiger partial charge on any atom is -0.463 e. The third kappa shape index (κ3) is 7.58. The van der Waals surface area contributed by atoms with E-state index >= 15 is 0 Å². The minimum atomic E-state index is -0.620. The van der Waals surface area contributed by atoms with E-state index in [2.05, 4.69) is 36.9 Å². The van der Waals surface area contributed by atoms with Crippen LogP contribution in [0.2, 0.25) is 0 Å². The van der Waals surface area contributed by atoms with E-state index in [1.807, 2.05) is 48.2 Å². The first-order chi connectivity index (χ1) is 18.4. The van der Waals surface area contributed by atoms with E-state index in [4.69, 9.17) is 4.74 Å². The highest BCUT2D eigenvalue weighted by molar-refractivity contribution is 9.10. The molecule has 0 spiro atoms. The molecule has 0 unspecified atom stereocenters. The van der Waals surface area contributed by atoms with E-state index in [1.54, 1.807) is 18.2 Å². The summed E-state index contributed by atoms with van der Waals surface area (Å²) >= 11 is 5.13. The molecular formula is C27H28BrN5O4S. The third-order valence-electron chi connectivity index (χ3n) is 6.37. The van der Waals surface area contributed by atoms with Gasteiger partial charge in [-0.2, -0.15) is 17.0 Å².